The van der Waals surface area contributed by atoms with Crippen molar-refractivity contribution in [2.45, 2.75) is 32.1 Å². The molecule has 1 N–H and O–H groups in total. The van der Waals surface area contributed by atoms with Gasteiger partial charge in [-0.2, -0.15) is 4.80 Å². The normalized spacial score (nSPS) is 19.6. The first-order valence-electron chi connectivity index (χ1n) is 5.62. The molecule has 1 aromatic rings. The Balaban J connectivity index is 2.06. The molecule has 0 saturated heterocycles. The Morgan fingerprint density at radius 1 is 1.40 bits per heavy atom. The first kappa shape index (κ1) is 10.5. The molecule has 0 radical (unpaired) electrons. The molecule has 5 heteroatoms. The molecule has 0 bridgehead atoms. The summed E-state index contributed by atoms with van der Waals surface area (Å²) in [7, 11) is 3.83. The van der Waals surface area contributed by atoms with Gasteiger partial charge in [0.25, 0.3) is 0 Å². The van der Waals surface area contributed by atoms with Crippen molar-refractivity contribution in [2.75, 3.05) is 13.6 Å². The van der Waals surface area contributed by atoms with E-state index in [1.807, 2.05) is 14.1 Å². The Labute approximate surface area is 90.2 Å². The summed E-state index contributed by atoms with van der Waals surface area (Å²) in [5.74, 6) is 0.884. The van der Waals surface area contributed by atoms with E-state index < -0.39 is 0 Å². The molecule has 2 rings (SSSR count). The van der Waals surface area contributed by atoms with Crippen molar-refractivity contribution in [1.82, 2.24) is 25.5 Å². The van der Waals surface area contributed by atoms with Gasteiger partial charge in [-0.25, -0.2) is 0 Å². The van der Waals surface area contributed by atoms with Gasteiger partial charge in [0.2, 0.25) is 0 Å². The second-order valence-electron chi connectivity index (χ2n) is 4.61. The predicted octanol–water partition coefficient (Wildman–Crippen LogP) is 0.532. The van der Waals surface area contributed by atoms with E-state index >= 15 is 0 Å². The van der Waals surface area contributed by atoms with E-state index in [2.05, 4.69) is 20.7 Å². The van der Waals surface area contributed by atoms with Gasteiger partial charge < -0.3 is 5.32 Å². The Kier molecular flexibility index (Phi) is 3.00. The third-order valence-corrected chi connectivity index (χ3v) is 3.30. The Bertz CT molecular complexity index is 313. The van der Waals surface area contributed by atoms with Gasteiger partial charge in [-0.3, -0.25) is 0 Å². The predicted molar refractivity (Wildman–Crippen MR) is 57.3 cm³/mol. The minimum atomic E-state index is 0.373. The van der Waals surface area contributed by atoms with E-state index in [1.165, 1.54) is 30.5 Å². The maximum absolute atomic E-state index is 4.27. The Morgan fingerprint density at radius 3 is 2.67 bits per heavy atom. The lowest BCUT2D eigenvalue weighted by molar-refractivity contribution is 0.279. The van der Waals surface area contributed by atoms with Crippen LogP contribution in [0.5, 0.6) is 0 Å². The zero-order valence-corrected chi connectivity index (χ0v) is 9.53. The lowest BCUT2D eigenvalue weighted by Crippen LogP contribution is -2.32. The molecule has 1 aromatic heterocycles. The van der Waals surface area contributed by atoms with Crippen LogP contribution in [0.25, 0.3) is 0 Å². The molecule has 0 atom stereocenters. The molecular weight excluding hydrogens is 190 g/mol. The van der Waals surface area contributed by atoms with Crippen molar-refractivity contribution >= 4 is 0 Å². The highest BCUT2D eigenvalue weighted by atomic mass is 15.6. The van der Waals surface area contributed by atoms with E-state index in [4.69, 9.17) is 0 Å². The minimum absolute atomic E-state index is 0.373. The minimum Gasteiger partial charge on any atom is -0.319 e. The zero-order chi connectivity index (χ0) is 10.7. The van der Waals surface area contributed by atoms with Crippen LogP contribution in [0.4, 0.5) is 0 Å². The highest BCUT2D eigenvalue weighted by Gasteiger charge is 2.34. The Hall–Kier alpha value is -0.970. The summed E-state index contributed by atoms with van der Waals surface area (Å²) in [4.78, 5) is 1.54. The van der Waals surface area contributed by atoms with Gasteiger partial charge in [-0.05, 0) is 30.5 Å². The van der Waals surface area contributed by atoms with Crippen molar-refractivity contribution in [3.8, 4) is 0 Å². The second kappa shape index (κ2) is 4.26. The molecule has 15 heavy (non-hydrogen) atoms. The van der Waals surface area contributed by atoms with E-state index in [-0.39, 0.29) is 0 Å². The van der Waals surface area contributed by atoms with Gasteiger partial charge in [0, 0.05) is 13.0 Å². The standard InChI is InChI=1S/C10H19N5/c1-11-8-10(5-3-4-6-10)7-9-12-14-15(2)13-9/h11H,3-8H2,1-2H3. The van der Waals surface area contributed by atoms with Crippen LogP contribution in [0.3, 0.4) is 0 Å². The summed E-state index contributed by atoms with van der Waals surface area (Å²) in [6, 6.07) is 0. The molecule has 0 aromatic carbocycles. The fourth-order valence-corrected chi connectivity index (χ4v) is 2.65. The third kappa shape index (κ3) is 2.34. The van der Waals surface area contributed by atoms with Crippen molar-refractivity contribution in [3.05, 3.63) is 5.82 Å². The number of nitrogens with zero attached hydrogens (tertiary/aromatic N) is 4. The first-order valence-corrected chi connectivity index (χ1v) is 5.62. The van der Waals surface area contributed by atoms with Crippen LogP contribution in [0.1, 0.15) is 31.5 Å². The molecule has 1 saturated carbocycles. The summed E-state index contributed by atoms with van der Waals surface area (Å²) in [5, 5.41) is 15.5. The molecule has 5 nitrogen and oxygen atoms in total. The van der Waals surface area contributed by atoms with Gasteiger partial charge in [0.15, 0.2) is 5.82 Å². The van der Waals surface area contributed by atoms with E-state index in [0.29, 0.717) is 5.41 Å². The molecule has 1 aliphatic rings. The molecule has 0 aliphatic heterocycles. The molecule has 1 aliphatic carbocycles. The first-order chi connectivity index (χ1) is 7.24. The highest BCUT2D eigenvalue weighted by molar-refractivity contribution is 4.94. The number of tetrazole rings is 1. The molecular formula is C10H19N5. The lowest BCUT2D eigenvalue weighted by atomic mass is 9.82. The highest BCUT2D eigenvalue weighted by Crippen LogP contribution is 2.39. The summed E-state index contributed by atoms with van der Waals surface area (Å²) < 4.78 is 0. The van der Waals surface area contributed by atoms with Gasteiger partial charge in [0.05, 0.1) is 7.05 Å². The number of aromatic nitrogens is 4. The number of nitrogens with one attached hydrogen (secondary N) is 1. The zero-order valence-electron chi connectivity index (χ0n) is 9.53. The van der Waals surface area contributed by atoms with Gasteiger partial charge in [-0.1, -0.05) is 12.8 Å². The fourth-order valence-electron chi connectivity index (χ4n) is 2.65. The molecule has 0 spiro atoms. The topological polar surface area (TPSA) is 55.6 Å². The molecule has 0 unspecified atom stereocenters. The average Bonchev–Trinajstić information content (AvgIpc) is 2.78. The van der Waals surface area contributed by atoms with Gasteiger partial charge in [-0.15, -0.1) is 10.2 Å². The van der Waals surface area contributed by atoms with E-state index in [0.717, 1.165) is 18.8 Å². The Morgan fingerprint density at radius 2 is 2.13 bits per heavy atom. The summed E-state index contributed by atoms with van der Waals surface area (Å²) >= 11 is 0. The van der Waals surface area contributed by atoms with E-state index in [1.54, 1.807) is 0 Å². The molecule has 84 valence electrons. The van der Waals surface area contributed by atoms with Crippen LogP contribution in [0.15, 0.2) is 0 Å². The SMILES string of the molecule is CNCC1(Cc2nnn(C)n2)CCCC1. The smallest absolute Gasteiger partial charge is 0.175 e. The molecule has 1 fully saturated rings. The lowest BCUT2D eigenvalue weighted by Gasteiger charge is -2.27. The van der Waals surface area contributed by atoms with Crippen LogP contribution in [0, 0.1) is 5.41 Å². The van der Waals surface area contributed by atoms with Crippen molar-refractivity contribution in [1.29, 1.82) is 0 Å². The molecule has 0 amide bonds. The van der Waals surface area contributed by atoms with Crippen molar-refractivity contribution in [2.24, 2.45) is 12.5 Å². The summed E-state index contributed by atoms with van der Waals surface area (Å²) in [5.41, 5.74) is 0.373. The van der Waals surface area contributed by atoms with Crippen LogP contribution in [-0.4, -0.2) is 33.8 Å². The summed E-state index contributed by atoms with van der Waals surface area (Å²) in [6.45, 7) is 1.06. The van der Waals surface area contributed by atoms with Crippen LogP contribution in [0.2, 0.25) is 0 Å². The fraction of sp³-hybridized carbons (Fsp3) is 0.900. The monoisotopic (exact) mass is 209 g/mol. The number of hydrogen-bond acceptors (Lipinski definition) is 4. The van der Waals surface area contributed by atoms with Crippen LogP contribution in [-0.2, 0) is 13.5 Å². The maximum atomic E-state index is 4.27. The van der Waals surface area contributed by atoms with E-state index in [9.17, 15) is 0 Å². The second-order valence-corrected chi connectivity index (χ2v) is 4.61. The number of rotatable bonds is 4. The quantitative estimate of drug-likeness (QED) is 0.786. The number of aryl methyl sites for hydroxylation is 1. The maximum Gasteiger partial charge on any atom is 0.175 e. The average molecular weight is 209 g/mol. The van der Waals surface area contributed by atoms with Crippen LogP contribution >= 0.6 is 0 Å². The number of hydrogen-bond donors (Lipinski definition) is 1. The summed E-state index contributed by atoms with van der Waals surface area (Å²) in [6.07, 6.45) is 6.20. The van der Waals surface area contributed by atoms with Crippen molar-refractivity contribution < 1.29 is 0 Å². The molecule has 1 heterocycles. The van der Waals surface area contributed by atoms with Crippen LogP contribution < -0.4 is 5.32 Å². The third-order valence-electron chi connectivity index (χ3n) is 3.30. The van der Waals surface area contributed by atoms with Gasteiger partial charge in [0.1, 0.15) is 0 Å². The van der Waals surface area contributed by atoms with Crippen molar-refractivity contribution in [3.63, 3.8) is 0 Å². The van der Waals surface area contributed by atoms with Gasteiger partial charge >= 0.3 is 0 Å². The largest absolute Gasteiger partial charge is 0.319 e.